The smallest absolute Gasteiger partial charge is 0.212 e. The van der Waals surface area contributed by atoms with Crippen LogP contribution in [0.1, 0.15) is 22.9 Å². The fourth-order valence-electron chi connectivity index (χ4n) is 2.16. The molecule has 0 aliphatic heterocycles. The number of hydrogen-bond acceptors (Lipinski definition) is 3. The summed E-state index contributed by atoms with van der Waals surface area (Å²) in [5.74, 6) is -0.482. The molecule has 0 saturated carbocycles. The van der Waals surface area contributed by atoms with Crippen LogP contribution >= 0.6 is 22.9 Å². The van der Waals surface area contributed by atoms with Crippen molar-refractivity contribution < 1.29 is 21.6 Å². The molecule has 0 atom stereocenters. The molecule has 0 aliphatic rings. The number of benzene rings is 1. The third-order valence-corrected chi connectivity index (χ3v) is 6.40. The minimum Gasteiger partial charge on any atom is -0.212 e. The first kappa shape index (κ1) is 19.2. The normalized spacial score (nSPS) is 12.8. The van der Waals surface area contributed by atoms with Crippen LogP contribution in [0.15, 0.2) is 36.4 Å². The van der Waals surface area contributed by atoms with E-state index in [0.29, 0.717) is 4.34 Å². The van der Waals surface area contributed by atoms with E-state index in [0.717, 1.165) is 17.0 Å². The maximum atomic E-state index is 12.7. The van der Waals surface area contributed by atoms with E-state index >= 15 is 0 Å². The molecule has 0 bridgehead atoms. The summed E-state index contributed by atoms with van der Waals surface area (Å²) in [6.45, 7) is 2.05. The second kappa shape index (κ2) is 7.43. The molecule has 0 N–H and O–H groups in total. The average molecular weight is 398 g/mol. The zero-order valence-electron chi connectivity index (χ0n) is 12.7. The van der Waals surface area contributed by atoms with Crippen LogP contribution in [0.5, 0.6) is 0 Å². The van der Waals surface area contributed by atoms with Crippen molar-refractivity contribution in [2.45, 2.75) is 25.4 Å². The first-order chi connectivity index (χ1) is 11.1. The largest absolute Gasteiger partial charge is 0.416 e. The quantitative estimate of drug-likeness (QED) is 0.704. The summed E-state index contributed by atoms with van der Waals surface area (Å²) >= 11 is 7.11. The fourth-order valence-corrected chi connectivity index (χ4v) is 4.85. The number of rotatable bonds is 6. The van der Waals surface area contributed by atoms with Gasteiger partial charge in [0, 0.05) is 18.0 Å². The lowest BCUT2D eigenvalue weighted by Crippen LogP contribution is -2.31. The number of halogens is 4. The first-order valence-corrected chi connectivity index (χ1v) is 9.80. The van der Waals surface area contributed by atoms with Crippen LogP contribution in [0.25, 0.3) is 0 Å². The van der Waals surface area contributed by atoms with Gasteiger partial charge in [0.15, 0.2) is 0 Å². The van der Waals surface area contributed by atoms with Gasteiger partial charge < -0.3 is 0 Å². The van der Waals surface area contributed by atoms with Crippen LogP contribution in [0.3, 0.4) is 0 Å². The van der Waals surface area contributed by atoms with Crippen molar-refractivity contribution in [3.63, 3.8) is 0 Å². The molecule has 0 spiro atoms. The lowest BCUT2D eigenvalue weighted by Gasteiger charge is -2.20. The molecule has 0 fully saturated rings. The number of nitrogens with zero attached hydrogens (tertiary/aromatic N) is 1. The minimum atomic E-state index is -4.50. The maximum Gasteiger partial charge on any atom is 0.416 e. The van der Waals surface area contributed by atoms with E-state index in [1.807, 2.05) is 0 Å². The van der Waals surface area contributed by atoms with E-state index in [1.54, 1.807) is 19.1 Å². The van der Waals surface area contributed by atoms with Crippen LogP contribution in [-0.2, 0) is 28.5 Å². The van der Waals surface area contributed by atoms with E-state index in [4.69, 9.17) is 11.6 Å². The van der Waals surface area contributed by atoms with Crippen LogP contribution in [0.4, 0.5) is 13.2 Å². The van der Waals surface area contributed by atoms with Crippen molar-refractivity contribution >= 4 is 33.0 Å². The summed E-state index contributed by atoms with van der Waals surface area (Å²) in [6.07, 6.45) is -4.50. The molecular weight excluding hydrogens is 383 g/mol. The van der Waals surface area contributed by atoms with E-state index < -0.39 is 27.5 Å². The van der Waals surface area contributed by atoms with Gasteiger partial charge in [-0.1, -0.05) is 36.7 Å². The molecule has 0 amide bonds. The summed E-state index contributed by atoms with van der Waals surface area (Å²) in [5.41, 5.74) is -0.754. The van der Waals surface area contributed by atoms with Gasteiger partial charge in [-0.05, 0) is 23.8 Å². The number of sulfonamides is 1. The number of thiophene rings is 1. The lowest BCUT2D eigenvalue weighted by molar-refractivity contribution is -0.137. The molecule has 2 rings (SSSR count). The van der Waals surface area contributed by atoms with Crippen molar-refractivity contribution in [2.24, 2.45) is 0 Å². The molecular formula is C15H15ClF3NO2S2. The van der Waals surface area contributed by atoms with Gasteiger partial charge in [-0.15, -0.1) is 11.3 Å². The van der Waals surface area contributed by atoms with Gasteiger partial charge in [0.25, 0.3) is 0 Å². The molecule has 0 saturated heterocycles. The molecule has 0 radical (unpaired) electrons. The monoisotopic (exact) mass is 397 g/mol. The predicted octanol–water partition coefficient (Wildman–Crippen LogP) is 4.77. The highest BCUT2D eigenvalue weighted by molar-refractivity contribution is 7.88. The van der Waals surface area contributed by atoms with Crippen LogP contribution in [0, 0.1) is 0 Å². The van der Waals surface area contributed by atoms with Crippen LogP contribution in [0.2, 0.25) is 4.34 Å². The van der Waals surface area contributed by atoms with Gasteiger partial charge in [0.2, 0.25) is 10.0 Å². The second-order valence-electron chi connectivity index (χ2n) is 5.09. The minimum absolute atomic E-state index is 0.104. The highest BCUT2D eigenvalue weighted by atomic mass is 35.5. The Balaban J connectivity index is 2.20. The molecule has 132 valence electrons. The zero-order valence-corrected chi connectivity index (χ0v) is 15.1. The lowest BCUT2D eigenvalue weighted by atomic mass is 10.1. The highest BCUT2D eigenvalue weighted by Gasteiger charge is 2.31. The van der Waals surface area contributed by atoms with E-state index in [1.165, 1.54) is 27.8 Å². The Kier molecular flexibility index (Phi) is 5.95. The number of hydrogen-bond donors (Lipinski definition) is 0. The summed E-state index contributed by atoms with van der Waals surface area (Å²) in [4.78, 5) is 0.773. The van der Waals surface area contributed by atoms with Gasteiger partial charge in [-0.3, -0.25) is 0 Å². The third-order valence-electron chi connectivity index (χ3n) is 3.31. The Hall–Kier alpha value is -1.09. The Morgan fingerprint density at radius 3 is 2.46 bits per heavy atom. The first-order valence-electron chi connectivity index (χ1n) is 7.00. The molecule has 0 unspecified atom stereocenters. The molecule has 1 heterocycles. The number of alkyl halides is 3. The second-order valence-corrected chi connectivity index (χ2v) is 8.85. The molecule has 9 heteroatoms. The van der Waals surface area contributed by atoms with Crippen molar-refractivity contribution in [1.82, 2.24) is 4.31 Å². The van der Waals surface area contributed by atoms with Crippen LogP contribution in [-0.4, -0.2) is 19.3 Å². The fraction of sp³-hybridized carbons (Fsp3) is 0.333. The predicted molar refractivity (Wildman–Crippen MR) is 89.5 cm³/mol. The highest BCUT2D eigenvalue weighted by Crippen LogP contribution is 2.30. The standard InChI is InChI=1S/C15H15ClF3NO2S2/c1-2-20(9-13-6-7-14(16)23-13)24(21,22)10-11-4-3-5-12(8-11)15(17,18)19/h3-8H,2,9-10H2,1H3. The van der Waals surface area contributed by atoms with Crippen molar-refractivity contribution in [2.75, 3.05) is 6.54 Å². The average Bonchev–Trinajstić information content (AvgIpc) is 2.89. The molecule has 2 aromatic rings. The molecule has 1 aromatic carbocycles. The van der Waals surface area contributed by atoms with Crippen LogP contribution < -0.4 is 0 Å². The summed E-state index contributed by atoms with van der Waals surface area (Å²) in [5, 5.41) is 0. The topological polar surface area (TPSA) is 37.4 Å². The van der Waals surface area contributed by atoms with Gasteiger partial charge in [-0.25, -0.2) is 8.42 Å². The Morgan fingerprint density at radius 1 is 1.21 bits per heavy atom. The summed E-state index contributed by atoms with van der Waals surface area (Å²) in [7, 11) is -3.75. The van der Waals surface area contributed by atoms with Gasteiger partial charge in [-0.2, -0.15) is 17.5 Å². The van der Waals surface area contributed by atoms with Crippen molar-refractivity contribution in [3.8, 4) is 0 Å². The zero-order chi connectivity index (χ0) is 18.0. The summed E-state index contributed by atoms with van der Waals surface area (Å²) in [6, 6.07) is 7.78. The SMILES string of the molecule is CCN(Cc1ccc(Cl)s1)S(=O)(=O)Cc1cccc(C(F)(F)F)c1. The molecule has 0 aliphatic carbocycles. The van der Waals surface area contributed by atoms with E-state index in [9.17, 15) is 21.6 Å². The Morgan fingerprint density at radius 2 is 1.92 bits per heavy atom. The molecule has 3 nitrogen and oxygen atoms in total. The van der Waals surface area contributed by atoms with Gasteiger partial charge in [0.05, 0.1) is 15.7 Å². The summed E-state index contributed by atoms with van der Waals surface area (Å²) < 4.78 is 65.1. The Bertz CT molecular complexity index is 803. The van der Waals surface area contributed by atoms with Crippen molar-refractivity contribution in [3.05, 3.63) is 56.7 Å². The maximum absolute atomic E-state index is 12.7. The van der Waals surface area contributed by atoms with Gasteiger partial charge in [0.1, 0.15) is 0 Å². The third kappa shape index (κ3) is 4.95. The van der Waals surface area contributed by atoms with E-state index in [-0.39, 0.29) is 18.7 Å². The van der Waals surface area contributed by atoms with Gasteiger partial charge >= 0.3 is 6.18 Å². The van der Waals surface area contributed by atoms with E-state index in [2.05, 4.69) is 0 Å². The molecule has 24 heavy (non-hydrogen) atoms. The molecule has 1 aromatic heterocycles. The Labute approximate surface area is 147 Å². The van der Waals surface area contributed by atoms with Crippen molar-refractivity contribution in [1.29, 1.82) is 0 Å².